The van der Waals surface area contributed by atoms with Crippen molar-refractivity contribution in [2.24, 2.45) is 0 Å². The third-order valence-electron chi connectivity index (χ3n) is 1.32. The highest BCUT2D eigenvalue weighted by molar-refractivity contribution is 7.99. The van der Waals surface area contributed by atoms with E-state index in [1.807, 2.05) is 13.2 Å². The molecule has 0 heterocycles. The molecule has 12 heavy (non-hydrogen) atoms. The van der Waals surface area contributed by atoms with Gasteiger partial charge >= 0.3 is 6.09 Å². The topological polar surface area (TPSA) is 50.4 Å². The van der Waals surface area contributed by atoms with Crippen LogP contribution in [0.25, 0.3) is 0 Å². The minimum Gasteiger partial charge on any atom is -0.325 e. The van der Waals surface area contributed by atoms with Crippen molar-refractivity contribution in [3.63, 3.8) is 0 Å². The Hall–Kier alpha value is -0.840. The first kappa shape index (κ1) is 11.2. The van der Waals surface area contributed by atoms with Crippen LogP contribution < -0.4 is 10.8 Å². The average molecular weight is 190 g/mol. The number of hydroxylamine groups is 1. The van der Waals surface area contributed by atoms with Gasteiger partial charge in [-0.05, 0) is 13.2 Å². The molecule has 0 saturated carbocycles. The van der Waals surface area contributed by atoms with E-state index in [2.05, 4.69) is 22.2 Å². The first-order valence-corrected chi connectivity index (χ1v) is 4.76. The monoisotopic (exact) mass is 190 g/mol. The lowest BCUT2D eigenvalue weighted by atomic mass is 10.4. The maximum atomic E-state index is 10.6. The molecule has 0 aliphatic carbocycles. The summed E-state index contributed by atoms with van der Waals surface area (Å²) in [6.07, 6.45) is 1.43. The Kier molecular flexibility index (Phi) is 5.36. The highest BCUT2D eigenvalue weighted by Gasteiger charge is 2.05. The molecule has 0 aromatic rings. The lowest BCUT2D eigenvalue weighted by Gasteiger charge is -2.13. The van der Waals surface area contributed by atoms with E-state index in [1.54, 1.807) is 11.8 Å². The van der Waals surface area contributed by atoms with Gasteiger partial charge in [0.05, 0.1) is 5.70 Å². The van der Waals surface area contributed by atoms with E-state index < -0.39 is 6.09 Å². The number of hydrogen-bond donors (Lipinski definition) is 2. The Morgan fingerprint density at radius 1 is 1.67 bits per heavy atom. The van der Waals surface area contributed by atoms with Gasteiger partial charge in [0.25, 0.3) is 0 Å². The number of carbonyl (C=O) groups is 1. The Labute approximate surface area is 76.7 Å². The zero-order valence-electron chi connectivity index (χ0n) is 7.51. The molecule has 1 atom stereocenters. The van der Waals surface area contributed by atoms with Crippen molar-refractivity contribution in [1.29, 1.82) is 0 Å². The van der Waals surface area contributed by atoms with Crippen LogP contribution in [0.1, 0.15) is 6.92 Å². The summed E-state index contributed by atoms with van der Waals surface area (Å²) in [5, 5.41) is 2.52. The van der Waals surface area contributed by atoms with Gasteiger partial charge in [0, 0.05) is 12.3 Å². The lowest BCUT2D eigenvalue weighted by Crippen LogP contribution is -2.29. The van der Waals surface area contributed by atoms with Crippen molar-refractivity contribution in [1.82, 2.24) is 10.8 Å². The molecular formula is C7H14N2O2S. The number of rotatable bonds is 4. The molecule has 4 nitrogen and oxygen atoms in total. The zero-order chi connectivity index (χ0) is 9.56. The van der Waals surface area contributed by atoms with E-state index in [0.29, 0.717) is 5.70 Å². The number of nitrogens with one attached hydrogen (secondary N) is 2. The third kappa shape index (κ3) is 4.12. The molecule has 1 unspecified atom stereocenters. The summed E-state index contributed by atoms with van der Waals surface area (Å²) in [5.41, 5.74) is 3.13. The van der Waals surface area contributed by atoms with Crippen molar-refractivity contribution in [3.8, 4) is 0 Å². The minimum atomic E-state index is -0.524. The van der Waals surface area contributed by atoms with E-state index in [9.17, 15) is 4.79 Å². The second kappa shape index (κ2) is 5.77. The number of amides is 1. The van der Waals surface area contributed by atoms with Gasteiger partial charge in [0.2, 0.25) is 0 Å². The molecule has 0 fully saturated rings. The normalized spacial score (nSPS) is 11.6. The number of hydrogen-bond acceptors (Lipinski definition) is 4. The molecule has 0 aliphatic heterocycles. The maximum Gasteiger partial charge on any atom is 0.431 e. The van der Waals surface area contributed by atoms with Gasteiger partial charge in [-0.2, -0.15) is 11.8 Å². The van der Waals surface area contributed by atoms with Crippen molar-refractivity contribution in [2.75, 3.05) is 13.3 Å². The third-order valence-corrected chi connectivity index (χ3v) is 2.31. The van der Waals surface area contributed by atoms with Crippen LogP contribution in [0.4, 0.5) is 4.79 Å². The first-order valence-electron chi connectivity index (χ1n) is 3.48. The molecule has 0 aliphatic rings. The lowest BCUT2D eigenvalue weighted by molar-refractivity contribution is 0.107. The summed E-state index contributed by atoms with van der Waals surface area (Å²) >= 11 is 1.62. The van der Waals surface area contributed by atoms with E-state index in [1.165, 1.54) is 7.05 Å². The highest BCUT2D eigenvalue weighted by Crippen LogP contribution is 2.11. The summed E-state index contributed by atoms with van der Waals surface area (Å²) in [5.74, 6) is 0. The summed E-state index contributed by atoms with van der Waals surface area (Å²) in [7, 11) is 1.49. The maximum absolute atomic E-state index is 10.6. The van der Waals surface area contributed by atoms with Crippen LogP contribution in [-0.2, 0) is 4.84 Å². The Balaban J connectivity index is 3.64. The van der Waals surface area contributed by atoms with E-state index in [-0.39, 0.29) is 5.25 Å². The molecule has 0 rings (SSSR count). The second-order valence-electron chi connectivity index (χ2n) is 2.14. The van der Waals surface area contributed by atoms with E-state index in [0.717, 1.165) is 0 Å². The molecule has 0 bridgehead atoms. The van der Waals surface area contributed by atoms with Gasteiger partial charge in [-0.15, -0.1) is 0 Å². The molecule has 70 valence electrons. The van der Waals surface area contributed by atoms with Gasteiger partial charge in [0.15, 0.2) is 0 Å². The van der Waals surface area contributed by atoms with Crippen LogP contribution in [0.2, 0.25) is 0 Å². The van der Waals surface area contributed by atoms with Gasteiger partial charge in [-0.25, -0.2) is 10.3 Å². The highest BCUT2D eigenvalue weighted by atomic mass is 32.2. The van der Waals surface area contributed by atoms with Crippen molar-refractivity contribution < 1.29 is 9.63 Å². The van der Waals surface area contributed by atoms with Gasteiger partial charge in [0.1, 0.15) is 0 Å². The fourth-order valence-electron chi connectivity index (χ4n) is 0.388. The summed E-state index contributed by atoms with van der Waals surface area (Å²) in [6, 6.07) is 0. The first-order chi connectivity index (χ1) is 5.61. The number of carbonyl (C=O) groups excluding carboxylic acids is 1. The van der Waals surface area contributed by atoms with Crippen LogP contribution in [-0.4, -0.2) is 24.6 Å². The van der Waals surface area contributed by atoms with Gasteiger partial charge in [-0.1, -0.05) is 6.58 Å². The van der Waals surface area contributed by atoms with Crippen molar-refractivity contribution in [3.05, 3.63) is 12.3 Å². The average Bonchev–Trinajstić information content (AvgIpc) is 2.11. The quantitative estimate of drug-likeness (QED) is 0.652. The van der Waals surface area contributed by atoms with Crippen LogP contribution in [0, 0.1) is 0 Å². The molecular weight excluding hydrogens is 176 g/mol. The molecule has 2 N–H and O–H groups in total. The fourth-order valence-corrected chi connectivity index (χ4v) is 0.721. The summed E-state index contributed by atoms with van der Waals surface area (Å²) in [4.78, 5) is 15.1. The summed E-state index contributed by atoms with van der Waals surface area (Å²) in [6.45, 7) is 5.66. The molecule has 0 aromatic heterocycles. The minimum absolute atomic E-state index is 0.217. The van der Waals surface area contributed by atoms with Crippen LogP contribution >= 0.6 is 11.8 Å². The van der Waals surface area contributed by atoms with E-state index >= 15 is 0 Å². The summed E-state index contributed by atoms with van der Waals surface area (Å²) < 4.78 is 0. The standard InChI is InChI=1S/C7H14N2O2S/c1-5(6(2)12-4)9-11-7(10)8-3/h6,9H,1H2,2-4H3,(H,8,10). The molecule has 5 heteroatoms. The Morgan fingerprint density at radius 2 is 2.25 bits per heavy atom. The smallest absolute Gasteiger partial charge is 0.325 e. The largest absolute Gasteiger partial charge is 0.431 e. The SMILES string of the molecule is C=C(NOC(=O)NC)C(C)SC. The van der Waals surface area contributed by atoms with Crippen molar-refractivity contribution >= 4 is 17.9 Å². The molecule has 0 aromatic carbocycles. The number of thioether (sulfide) groups is 1. The fraction of sp³-hybridized carbons (Fsp3) is 0.571. The molecule has 0 saturated heterocycles. The predicted octanol–water partition coefficient (Wildman–Crippen LogP) is 1.11. The van der Waals surface area contributed by atoms with Crippen LogP contribution in [0.3, 0.4) is 0 Å². The molecule has 0 spiro atoms. The van der Waals surface area contributed by atoms with Gasteiger partial charge < -0.3 is 10.2 Å². The predicted molar refractivity (Wildman–Crippen MR) is 50.8 cm³/mol. The van der Waals surface area contributed by atoms with Crippen LogP contribution in [0.5, 0.6) is 0 Å². The Morgan fingerprint density at radius 3 is 2.67 bits per heavy atom. The molecule has 0 radical (unpaired) electrons. The Bertz CT molecular complexity index is 173. The van der Waals surface area contributed by atoms with Gasteiger partial charge in [-0.3, -0.25) is 0 Å². The van der Waals surface area contributed by atoms with Crippen molar-refractivity contribution in [2.45, 2.75) is 12.2 Å². The van der Waals surface area contributed by atoms with E-state index in [4.69, 9.17) is 0 Å². The molecule has 1 amide bonds. The second-order valence-corrected chi connectivity index (χ2v) is 3.32. The zero-order valence-corrected chi connectivity index (χ0v) is 8.33. The van der Waals surface area contributed by atoms with Crippen LogP contribution in [0.15, 0.2) is 12.3 Å².